The fourth-order valence-corrected chi connectivity index (χ4v) is 4.41. The van der Waals surface area contributed by atoms with Crippen LogP contribution in [-0.2, 0) is 4.79 Å². The fraction of sp³-hybridized carbons (Fsp3) is 0.933. The van der Waals surface area contributed by atoms with Crippen molar-refractivity contribution in [3.63, 3.8) is 0 Å². The predicted octanol–water partition coefficient (Wildman–Crippen LogP) is 2.76. The van der Waals surface area contributed by atoms with E-state index in [2.05, 4.69) is 44.8 Å². The molecule has 1 saturated heterocycles. The minimum Gasteiger partial charge on any atom is -0.323 e. The number of nitrogens with zero attached hydrogens (tertiary/aromatic N) is 1. The van der Waals surface area contributed by atoms with Gasteiger partial charge in [0.15, 0.2) is 0 Å². The third-order valence-corrected chi connectivity index (χ3v) is 4.46. The van der Waals surface area contributed by atoms with Crippen molar-refractivity contribution < 1.29 is 4.79 Å². The highest BCUT2D eigenvalue weighted by molar-refractivity contribution is 5.84. The van der Waals surface area contributed by atoms with Gasteiger partial charge in [0.2, 0.25) is 5.91 Å². The predicted molar refractivity (Wildman–Crippen MR) is 74.1 cm³/mol. The summed E-state index contributed by atoms with van der Waals surface area (Å²) in [5, 5.41) is 3.34. The lowest BCUT2D eigenvalue weighted by molar-refractivity contribution is -0.134. The van der Waals surface area contributed by atoms with Crippen LogP contribution >= 0.6 is 0 Å². The minimum atomic E-state index is -0.0202. The van der Waals surface area contributed by atoms with Crippen molar-refractivity contribution in [2.75, 3.05) is 0 Å². The maximum absolute atomic E-state index is 12.3. The van der Waals surface area contributed by atoms with Gasteiger partial charge in [-0.3, -0.25) is 10.1 Å². The second-order valence-electron chi connectivity index (χ2n) is 7.88. The van der Waals surface area contributed by atoms with Crippen LogP contribution in [0.15, 0.2) is 0 Å². The summed E-state index contributed by atoms with van der Waals surface area (Å²) in [5.41, 5.74) is 0.663. The van der Waals surface area contributed by atoms with Gasteiger partial charge < -0.3 is 4.90 Å². The van der Waals surface area contributed by atoms with Crippen molar-refractivity contribution in [1.82, 2.24) is 10.2 Å². The van der Waals surface area contributed by atoms with Crippen LogP contribution in [0.5, 0.6) is 0 Å². The molecule has 18 heavy (non-hydrogen) atoms. The topological polar surface area (TPSA) is 32.3 Å². The smallest absolute Gasteiger partial charge is 0.240 e. The molecule has 2 aliphatic rings. The molecule has 2 atom stereocenters. The quantitative estimate of drug-likeness (QED) is 0.778. The Labute approximate surface area is 111 Å². The molecular formula is C15H28N2O. The van der Waals surface area contributed by atoms with Gasteiger partial charge in [-0.1, -0.05) is 27.7 Å². The van der Waals surface area contributed by atoms with Crippen LogP contribution in [0.4, 0.5) is 0 Å². The lowest BCUT2D eigenvalue weighted by Gasteiger charge is -2.48. The number of carbonyl (C=O) groups is 1. The summed E-state index contributed by atoms with van der Waals surface area (Å²) in [6.07, 6.45) is 3.68. The number of rotatable bonds is 1. The van der Waals surface area contributed by atoms with Gasteiger partial charge in [0.25, 0.3) is 0 Å². The third kappa shape index (κ3) is 2.56. The van der Waals surface area contributed by atoms with E-state index in [0.29, 0.717) is 16.9 Å². The normalized spacial score (nSPS) is 36.1. The van der Waals surface area contributed by atoms with Crippen molar-refractivity contribution in [1.29, 1.82) is 0 Å². The lowest BCUT2D eigenvalue weighted by atomic mass is 9.63. The zero-order valence-electron chi connectivity index (χ0n) is 12.7. The SMILES string of the molecule is CC1NC(C)N(C2CC(C)(C)CC(C)(C)C2)C1=O. The highest BCUT2D eigenvalue weighted by Crippen LogP contribution is 2.47. The van der Waals surface area contributed by atoms with Crippen LogP contribution in [0.2, 0.25) is 0 Å². The van der Waals surface area contributed by atoms with Crippen LogP contribution in [0.3, 0.4) is 0 Å². The monoisotopic (exact) mass is 252 g/mol. The van der Waals surface area contributed by atoms with Crippen molar-refractivity contribution in [3.05, 3.63) is 0 Å². The first-order valence-electron chi connectivity index (χ1n) is 7.20. The molecule has 3 nitrogen and oxygen atoms in total. The minimum absolute atomic E-state index is 0.0202. The Morgan fingerprint density at radius 2 is 1.61 bits per heavy atom. The van der Waals surface area contributed by atoms with Gasteiger partial charge in [-0.2, -0.15) is 0 Å². The summed E-state index contributed by atoms with van der Waals surface area (Å²) in [6.45, 7) is 13.4. The van der Waals surface area contributed by atoms with Crippen molar-refractivity contribution in [2.24, 2.45) is 10.8 Å². The number of amides is 1. The van der Waals surface area contributed by atoms with E-state index < -0.39 is 0 Å². The number of nitrogens with one attached hydrogen (secondary N) is 1. The van der Waals surface area contributed by atoms with E-state index >= 15 is 0 Å². The summed E-state index contributed by atoms with van der Waals surface area (Å²) >= 11 is 0. The van der Waals surface area contributed by atoms with Crippen molar-refractivity contribution in [2.45, 2.75) is 79.1 Å². The first-order valence-corrected chi connectivity index (χ1v) is 7.20. The van der Waals surface area contributed by atoms with Gasteiger partial charge >= 0.3 is 0 Å². The molecule has 0 aromatic rings. The second kappa shape index (κ2) is 4.22. The van der Waals surface area contributed by atoms with E-state index in [-0.39, 0.29) is 18.1 Å². The summed E-state index contributed by atoms with van der Waals surface area (Å²) in [5.74, 6) is 0.279. The van der Waals surface area contributed by atoms with Crippen LogP contribution in [0.25, 0.3) is 0 Å². The number of hydrogen-bond donors (Lipinski definition) is 1. The zero-order valence-corrected chi connectivity index (χ0v) is 12.7. The lowest BCUT2D eigenvalue weighted by Crippen LogP contribution is -2.50. The molecule has 0 bridgehead atoms. The molecule has 1 N–H and O–H groups in total. The summed E-state index contributed by atoms with van der Waals surface area (Å²) in [7, 11) is 0. The molecule has 0 aromatic carbocycles. The molecule has 3 heteroatoms. The highest BCUT2D eigenvalue weighted by atomic mass is 16.2. The summed E-state index contributed by atoms with van der Waals surface area (Å²) in [4.78, 5) is 14.4. The number of hydrogen-bond acceptors (Lipinski definition) is 2. The average molecular weight is 252 g/mol. The van der Waals surface area contributed by atoms with Gasteiger partial charge in [-0.25, -0.2) is 0 Å². The van der Waals surface area contributed by atoms with E-state index in [0.717, 1.165) is 12.8 Å². The Morgan fingerprint density at radius 1 is 1.11 bits per heavy atom. The molecule has 0 spiro atoms. The van der Waals surface area contributed by atoms with Gasteiger partial charge in [0.05, 0.1) is 12.2 Å². The molecule has 1 aliphatic heterocycles. The van der Waals surface area contributed by atoms with Crippen LogP contribution in [0, 0.1) is 10.8 Å². The molecule has 104 valence electrons. The number of carbonyl (C=O) groups excluding carboxylic acids is 1. The summed E-state index contributed by atoms with van der Waals surface area (Å²) in [6, 6.07) is 0.372. The Bertz CT molecular complexity index is 332. The Hall–Kier alpha value is -0.570. The molecule has 2 fully saturated rings. The van der Waals surface area contributed by atoms with E-state index in [9.17, 15) is 4.79 Å². The molecular weight excluding hydrogens is 224 g/mol. The zero-order chi connectivity index (χ0) is 13.7. The molecule has 1 heterocycles. The average Bonchev–Trinajstić information content (AvgIpc) is 2.35. The van der Waals surface area contributed by atoms with E-state index in [1.165, 1.54) is 6.42 Å². The van der Waals surface area contributed by atoms with Crippen LogP contribution < -0.4 is 5.32 Å². The first-order chi connectivity index (χ1) is 8.11. The molecule has 0 aromatic heterocycles. The van der Waals surface area contributed by atoms with Crippen LogP contribution in [0.1, 0.15) is 60.8 Å². The fourth-order valence-electron chi connectivity index (χ4n) is 4.41. The van der Waals surface area contributed by atoms with Crippen molar-refractivity contribution >= 4 is 5.91 Å². The standard InChI is InChI=1S/C15H28N2O/c1-10-13(18)17(11(2)16-10)12-7-14(3,4)9-15(5,6)8-12/h10-12,16H,7-9H2,1-6H3. The maximum Gasteiger partial charge on any atom is 0.240 e. The maximum atomic E-state index is 12.3. The Morgan fingerprint density at radius 3 is 2.00 bits per heavy atom. The van der Waals surface area contributed by atoms with Gasteiger partial charge in [-0.15, -0.1) is 0 Å². The molecule has 2 unspecified atom stereocenters. The van der Waals surface area contributed by atoms with Crippen molar-refractivity contribution in [3.8, 4) is 0 Å². The van der Waals surface area contributed by atoms with E-state index in [4.69, 9.17) is 0 Å². The largest absolute Gasteiger partial charge is 0.323 e. The second-order valence-corrected chi connectivity index (χ2v) is 7.88. The van der Waals surface area contributed by atoms with Gasteiger partial charge in [0, 0.05) is 6.04 Å². The molecule has 2 rings (SSSR count). The molecule has 1 amide bonds. The third-order valence-electron chi connectivity index (χ3n) is 4.46. The first kappa shape index (κ1) is 13.9. The van der Waals surface area contributed by atoms with E-state index in [1.54, 1.807) is 0 Å². The highest BCUT2D eigenvalue weighted by Gasteiger charge is 2.45. The molecule has 0 radical (unpaired) electrons. The van der Waals surface area contributed by atoms with Crippen LogP contribution in [-0.4, -0.2) is 29.1 Å². The molecule has 1 saturated carbocycles. The van der Waals surface area contributed by atoms with Gasteiger partial charge in [-0.05, 0) is 43.9 Å². The summed E-state index contributed by atoms with van der Waals surface area (Å²) < 4.78 is 0. The van der Waals surface area contributed by atoms with E-state index in [1.807, 2.05) is 6.92 Å². The van der Waals surface area contributed by atoms with Gasteiger partial charge in [0.1, 0.15) is 0 Å². The Kier molecular flexibility index (Phi) is 3.25. The Balaban J connectivity index is 2.20. The molecule has 1 aliphatic carbocycles.